The van der Waals surface area contributed by atoms with Gasteiger partial charge in [0.15, 0.2) is 0 Å². The Kier molecular flexibility index (Phi) is 6.64. The molecule has 1 amide bonds. The summed E-state index contributed by atoms with van der Waals surface area (Å²) in [5.41, 5.74) is 0.731. The number of hydrogen-bond acceptors (Lipinski definition) is 4. The first kappa shape index (κ1) is 20.3. The zero-order valence-corrected chi connectivity index (χ0v) is 16.3. The number of carbonyl (C=O) groups is 1. The normalized spacial score (nSPS) is 14.8. The molecule has 28 heavy (non-hydrogen) atoms. The summed E-state index contributed by atoms with van der Waals surface area (Å²) in [5, 5.41) is 2.73. The second-order valence-electron chi connectivity index (χ2n) is 6.58. The van der Waals surface area contributed by atoms with E-state index in [1.807, 2.05) is 0 Å². The smallest absolute Gasteiger partial charge is 0.243 e. The molecule has 6 nitrogen and oxygen atoms in total. The lowest BCUT2D eigenvalue weighted by atomic mass is 10.1. The molecule has 0 aromatic heterocycles. The van der Waals surface area contributed by atoms with E-state index in [9.17, 15) is 17.6 Å². The summed E-state index contributed by atoms with van der Waals surface area (Å²) in [4.78, 5) is 12.1. The molecule has 1 aliphatic heterocycles. The Hall–Kier alpha value is -2.45. The largest absolute Gasteiger partial charge is 0.492 e. The van der Waals surface area contributed by atoms with Crippen LogP contribution in [0.1, 0.15) is 18.4 Å². The third-order valence-electron chi connectivity index (χ3n) is 4.50. The average Bonchev–Trinajstić information content (AvgIpc) is 3.23. The van der Waals surface area contributed by atoms with Crippen molar-refractivity contribution in [3.05, 3.63) is 59.9 Å². The van der Waals surface area contributed by atoms with Crippen LogP contribution in [0.15, 0.2) is 53.4 Å². The number of benzene rings is 2. The topological polar surface area (TPSA) is 75.7 Å². The van der Waals surface area contributed by atoms with Gasteiger partial charge >= 0.3 is 0 Å². The van der Waals surface area contributed by atoms with Crippen molar-refractivity contribution >= 4 is 15.9 Å². The maximum Gasteiger partial charge on any atom is 0.243 e. The average molecular weight is 406 g/mol. The molecule has 0 aliphatic carbocycles. The Morgan fingerprint density at radius 1 is 1.04 bits per heavy atom. The standard InChI is InChI=1S/C20H23FN2O4S/c21-17-5-3-16(4-6-17)15-20(24)22-11-14-27-18-7-9-19(10-8-18)28(25,26)23-12-1-2-13-23/h3-10H,1-2,11-15H2,(H,22,24). The molecule has 150 valence electrons. The molecule has 1 fully saturated rings. The van der Waals surface area contributed by atoms with E-state index in [1.165, 1.54) is 28.6 Å². The molecule has 0 saturated carbocycles. The maximum absolute atomic E-state index is 12.8. The van der Waals surface area contributed by atoms with Gasteiger partial charge in [-0.3, -0.25) is 4.79 Å². The van der Waals surface area contributed by atoms with Gasteiger partial charge in [0.2, 0.25) is 15.9 Å². The summed E-state index contributed by atoms with van der Waals surface area (Å²) in [7, 11) is -3.43. The molecule has 0 spiro atoms. The van der Waals surface area contributed by atoms with Crippen molar-refractivity contribution in [3.63, 3.8) is 0 Å². The van der Waals surface area contributed by atoms with E-state index >= 15 is 0 Å². The van der Waals surface area contributed by atoms with Crippen LogP contribution in [0, 0.1) is 5.82 Å². The maximum atomic E-state index is 12.8. The Labute approximate surface area is 164 Å². The van der Waals surface area contributed by atoms with E-state index in [1.54, 1.807) is 24.3 Å². The van der Waals surface area contributed by atoms with Crippen LogP contribution in [-0.2, 0) is 21.2 Å². The van der Waals surface area contributed by atoms with E-state index in [0.717, 1.165) is 18.4 Å². The molecule has 0 unspecified atom stereocenters. The van der Waals surface area contributed by atoms with Crippen molar-refractivity contribution in [1.82, 2.24) is 9.62 Å². The lowest BCUT2D eigenvalue weighted by Crippen LogP contribution is -2.29. The zero-order chi connectivity index (χ0) is 20.0. The number of sulfonamides is 1. The van der Waals surface area contributed by atoms with Gasteiger partial charge in [-0.05, 0) is 54.8 Å². The molecule has 8 heteroatoms. The number of nitrogens with one attached hydrogen (secondary N) is 1. The molecule has 0 radical (unpaired) electrons. The number of ether oxygens (including phenoxy) is 1. The van der Waals surface area contributed by atoms with Crippen LogP contribution >= 0.6 is 0 Å². The molecule has 0 bridgehead atoms. The zero-order valence-electron chi connectivity index (χ0n) is 15.4. The molecule has 2 aromatic carbocycles. The lowest BCUT2D eigenvalue weighted by molar-refractivity contribution is -0.120. The van der Waals surface area contributed by atoms with Crippen LogP contribution in [0.4, 0.5) is 4.39 Å². The minimum atomic E-state index is -3.43. The number of nitrogens with zero attached hydrogens (tertiary/aromatic N) is 1. The highest BCUT2D eigenvalue weighted by Gasteiger charge is 2.26. The van der Waals surface area contributed by atoms with E-state index in [0.29, 0.717) is 25.4 Å². The number of amides is 1. The highest BCUT2D eigenvalue weighted by molar-refractivity contribution is 7.89. The van der Waals surface area contributed by atoms with E-state index in [4.69, 9.17) is 4.74 Å². The predicted octanol–water partition coefficient (Wildman–Crippen LogP) is 2.35. The Morgan fingerprint density at radius 3 is 2.32 bits per heavy atom. The van der Waals surface area contributed by atoms with Gasteiger partial charge < -0.3 is 10.1 Å². The second-order valence-corrected chi connectivity index (χ2v) is 8.52. The third kappa shape index (κ3) is 5.30. The Bertz CT molecular complexity index is 893. The van der Waals surface area contributed by atoms with Crippen LogP contribution < -0.4 is 10.1 Å². The van der Waals surface area contributed by atoms with Gasteiger partial charge in [-0.2, -0.15) is 4.31 Å². The van der Waals surface area contributed by atoms with Gasteiger partial charge in [0.05, 0.1) is 17.9 Å². The molecule has 1 aliphatic rings. The molecule has 1 heterocycles. The van der Waals surface area contributed by atoms with E-state index < -0.39 is 10.0 Å². The molecule has 2 aromatic rings. The minimum Gasteiger partial charge on any atom is -0.492 e. The lowest BCUT2D eigenvalue weighted by Gasteiger charge is -2.15. The summed E-state index contributed by atoms with van der Waals surface area (Å²) >= 11 is 0. The summed E-state index contributed by atoms with van der Waals surface area (Å²) in [6.07, 6.45) is 1.96. The van der Waals surface area contributed by atoms with Gasteiger partial charge in [-0.1, -0.05) is 12.1 Å². The first-order valence-corrected chi connectivity index (χ1v) is 10.6. The van der Waals surface area contributed by atoms with Gasteiger partial charge in [0.1, 0.15) is 18.2 Å². The first-order chi connectivity index (χ1) is 13.4. The Balaban J connectivity index is 1.42. The minimum absolute atomic E-state index is 0.170. The van der Waals surface area contributed by atoms with Crippen molar-refractivity contribution in [3.8, 4) is 5.75 Å². The van der Waals surface area contributed by atoms with Gasteiger partial charge in [-0.25, -0.2) is 12.8 Å². The first-order valence-electron chi connectivity index (χ1n) is 9.19. The van der Waals surface area contributed by atoms with Crippen LogP contribution in [0.3, 0.4) is 0 Å². The molecule has 3 rings (SSSR count). The molecule has 1 saturated heterocycles. The van der Waals surface area contributed by atoms with Crippen LogP contribution in [0.5, 0.6) is 5.75 Å². The number of halogens is 1. The highest BCUT2D eigenvalue weighted by Crippen LogP contribution is 2.22. The number of rotatable bonds is 8. The van der Waals surface area contributed by atoms with Crippen molar-refractivity contribution in [2.45, 2.75) is 24.2 Å². The number of hydrogen-bond donors (Lipinski definition) is 1. The van der Waals surface area contributed by atoms with Crippen molar-refractivity contribution in [1.29, 1.82) is 0 Å². The Morgan fingerprint density at radius 2 is 1.68 bits per heavy atom. The van der Waals surface area contributed by atoms with Crippen LogP contribution in [-0.4, -0.2) is 44.9 Å². The SMILES string of the molecule is O=C(Cc1ccc(F)cc1)NCCOc1ccc(S(=O)(=O)N2CCCC2)cc1. The second kappa shape index (κ2) is 9.16. The van der Waals surface area contributed by atoms with Crippen molar-refractivity contribution in [2.75, 3.05) is 26.2 Å². The van der Waals surface area contributed by atoms with Crippen molar-refractivity contribution < 1.29 is 22.3 Å². The van der Waals surface area contributed by atoms with E-state index in [-0.39, 0.29) is 29.6 Å². The van der Waals surface area contributed by atoms with Crippen molar-refractivity contribution in [2.24, 2.45) is 0 Å². The highest BCUT2D eigenvalue weighted by atomic mass is 32.2. The summed E-state index contributed by atoms with van der Waals surface area (Å²) < 4.78 is 44.8. The fourth-order valence-corrected chi connectivity index (χ4v) is 4.51. The van der Waals surface area contributed by atoms with Gasteiger partial charge in [0.25, 0.3) is 0 Å². The quantitative estimate of drug-likeness (QED) is 0.683. The van der Waals surface area contributed by atoms with E-state index in [2.05, 4.69) is 5.32 Å². The summed E-state index contributed by atoms with van der Waals surface area (Å²) in [6, 6.07) is 12.1. The van der Waals surface area contributed by atoms with Gasteiger partial charge in [0, 0.05) is 13.1 Å². The molecular formula is C20H23FN2O4S. The summed E-state index contributed by atoms with van der Waals surface area (Å²) in [5.74, 6) is 0.0206. The molecular weight excluding hydrogens is 383 g/mol. The van der Waals surface area contributed by atoms with Crippen LogP contribution in [0.2, 0.25) is 0 Å². The summed E-state index contributed by atoms with van der Waals surface area (Å²) in [6.45, 7) is 1.71. The molecule has 0 atom stereocenters. The van der Waals surface area contributed by atoms with Gasteiger partial charge in [-0.15, -0.1) is 0 Å². The molecule has 1 N–H and O–H groups in total. The monoisotopic (exact) mass is 406 g/mol. The fraction of sp³-hybridized carbons (Fsp3) is 0.350. The number of carbonyl (C=O) groups excluding carboxylic acids is 1. The predicted molar refractivity (Wildman–Crippen MR) is 103 cm³/mol. The van der Waals surface area contributed by atoms with Crippen LogP contribution in [0.25, 0.3) is 0 Å². The fourth-order valence-electron chi connectivity index (χ4n) is 2.99. The third-order valence-corrected chi connectivity index (χ3v) is 6.41.